The van der Waals surface area contributed by atoms with Gasteiger partial charge in [0.15, 0.2) is 0 Å². The molecule has 0 aliphatic carbocycles. The fraction of sp³-hybridized carbons (Fsp3) is 0.444. The van der Waals surface area contributed by atoms with Gasteiger partial charge in [-0.2, -0.15) is 5.10 Å². The van der Waals surface area contributed by atoms with E-state index < -0.39 is 4.92 Å². The third kappa shape index (κ3) is 3.60. The second-order valence-corrected chi connectivity index (χ2v) is 6.58. The normalized spacial score (nSPS) is 20.2. The number of carbonyl (C=O) groups is 1. The largest absolute Gasteiger partial charge is 0.367 e. The molecule has 138 valence electrons. The van der Waals surface area contributed by atoms with Crippen molar-refractivity contribution in [2.24, 2.45) is 0 Å². The van der Waals surface area contributed by atoms with Gasteiger partial charge in [0.2, 0.25) is 5.91 Å². The zero-order valence-corrected chi connectivity index (χ0v) is 15.1. The summed E-state index contributed by atoms with van der Waals surface area (Å²) in [4.78, 5) is 25.2. The summed E-state index contributed by atoms with van der Waals surface area (Å²) in [5.41, 5.74) is 1.70. The van der Waals surface area contributed by atoms with Crippen molar-refractivity contribution < 1.29 is 14.5 Å². The van der Waals surface area contributed by atoms with Crippen molar-refractivity contribution in [1.82, 2.24) is 14.7 Å². The van der Waals surface area contributed by atoms with Gasteiger partial charge < -0.3 is 9.64 Å². The van der Waals surface area contributed by atoms with Gasteiger partial charge in [0.25, 0.3) is 0 Å². The molecule has 1 aliphatic heterocycles. The van der Waals surface area contributed by atoms with Crippen molar-refractivity contribution in [1.29, 1.82) is 0 Å². The van der Waals surface area contributed by atoms with Gasteiger partial charge in [-0.25, -0.2) is 0 Å². The molecular formula is C18H22N4O4. The van der Waals surface area contributed by atoms with Gasteiger partial charge in [0.05, 0.1) is 17.6 Å². The molecule has 1 fully saturated rings. The monoisotopic (exact) mass is 358 g/mol. The van der Waals surface area contributed by atoms with Crippen molar-refractivity contribution >= 4 is 11.6 Å². The number of carbonyl (C=O) groups excluding carboxylic acids is 1. The summed E-state index contributed by atoms with van der Waals surface area (Å²) in [6.07, 6.45) is -0.272. The number of aromatic nitrogens is 2. The maximum Gasteiger partial charge on any atom is 0.312 e. The van der Waals surface area contributed by atoms with Gasteiger partial charge in [-0.1, -0.05) is 30.3 Å². The van der Waals surface area contributed by atoms with Crippen LogP contribution in [0.15, 0.2) is 30.3 Å². The molecular weight excluding hydrogens is 336 g/mol. The number of hydrogen-bond donors (Lipinski definition) is 0. The van der Waals surface area contributed by atoms with Crippen LogP contribution in [0.25, 0.3) is 0 Å². The molecule has 0 N–H and O–H groups in total. The number of nitro groups is 1. The highest BCUT2D eigenvalue weighted by atomic mass is 16.6. The van der Waals surface area contributed by atoms with Crippen LogP contribution in [0.4, 0.5) is 5.69 Å². The van der Waals surface area contributed by atoms with Crippen LogP contribution in [0.5, 0.6) is 0 Å². The van der Waals surface area contributed by atoms with Crippen LogP contribution in [0, 0.1) is 24.0 Å². The molecule has 2 atom stereocenters. The maximum atomic E-state index is 12.8. The molecule has 1 aromatic carbocycles. The molecule has 2 heterocycles. The van der Waals surface area contributed by atoms with Gasteiger partial charge in [-0.3, -0.25) is 19.6 Å². The van der Waals surface area contributed by atoms with E-state index in [1.54, 1.807) is 18.7 Å². The Bertz CT molecular complexity index is 818. The molecule has 0 bridgehead atoms. The molecule has 1 aliphatic rings. The van der Waals surface area contributed by atoms with Crippen molar-refractivity contribution in [3.8, 4) is 0 Å². The predicted octanol–water partition coefficient (Wildman–Crippen LogP) is 2.40. The van der Waals surface area contributed by atoms with E-state index >= 15 is 0 Å². The number of ether oxygens (including phenoxy) is 1. The van der Waals surface area contributed by atoms with Crippen LogP contribution < -0.4 is 0 Å². The van der Waals surface area contributed by atoms with Crippen LogP contribution in [0.2, 0.25) is 0 Å². The number of hydrogen-bond acceptors (Lipinski definition) is 5. The predicted molar refractivity (Wildman–Crippen MR) is 94.7 cm³/mol. The summed E-state index contributed by atoms with van der Waals surface area (Å²) in [5.74, 6) is -0.124. The third-order valence-corrected chi connectivity index (χ3v) is 4.60. The Labute approximate surface area is 151 Å². The fourth-order valence-corrected chi connectivity index (χ4v) is 3.34. The topological polar surface area (TPSA) is 90.5 Å². The highest BCUT2D eigenvalue weighted by molar-refractivity contribution is 5.76. The number of benzene rings is 1. The molecule has 1 saturated heterocycles. The Balaban J connectivity index is 1.75. The number of aryl methyl sites for hydroxylation is 1. The molecule has 0 unspecified atom stereocenters. The van der Waals surface area contributed by atoms with Crippen LogP contribution >= 0.6 is 0 Å². The minimum atomic E-state index is -0.457. The summed E-state index contributed by atoms with van der Waals surface area (Å²) in [5, 5.41) is 15.3. The van der Waals surface area contributed by atoms with E-state index in [4.69, 9.17) is 4.74 Å². The van der Waals surface area contributed by atoms with E-state index in [9.17, 15) is 14.9 Å². The molecule has 3 rings (SSSR count). The van der Waals surface area contributed by atoms with Crippen LogP contribution in [-0.4, -0.2) is 44.7 Å². The minimum Gasteiger partial charge on any atom is -0.367 e. The van der Waals surface area contributed by atoms with E-state index in [0.29, 0.717) is 24.5 Å². The smallest absolute Gasteiger partial charge is 0.312 e. The molecule has 2 aromatic rings. The van der Waals surface area contributed by atoms with E-state index in [2.05, 4.69) is 5.10 Å². The van der Waals surface area contributed by atoms with Gasteiger partial charge >= 0.3 is 5.69 Å². The standard InChI is InChI=1S/C18H22N4O4/c1-12-9-20(10-16(26-12)15-7-5-4-6-8-15)17(23)11-21-14(3)18(22(24)25)13(2)19-21/h4-8,12,16H,9-11H2,1-3H3/t12-,16+/m1/s1. The summed E-state index contributed by atoms with van der Waals surface area (Å²) < 4.78 is 7.39. The zero-order valence-electron chi connectivity index (χ0n) is 15.1. The first-order chi connectivity index (χ1) is 12.4. The lowest BCUT2D eigenvalue weighted by Gasteiger charge is -2.37. The van der Waals surface area contributed by atoms with Crippen molar-refractivity contribution in [3.63, 3.8) is 0 Å². The van der Waals surface area contributed by atoms with Gasteiger partial charge in [-0.15, -0.1) is 0 Å². The molecule has 0 radical (unpaired) electrons. The molecule has 0 spiro atoms. The van der Waals surface area contributed by atoms with Crippen molar-refractivity contribution in [3.05, 3.63) is 57.4 Å². The lowest BCUT2D eigenvalue weighted by atomic mass is 10.1. The van der Waals surface area contributed by atoms with Crippen LogP contribution in [0.1, 0.15) is 30.0 Å². The summed E-state index contributed by atoms with van der Waals surface area (Å²) >= 11 is 0. The Morgan fingerprint density at radius 1 is 1.31 bits per heavy atom. The highest BCUT2D eigenvalue weighted by Gasteiger charge is 2.30. The SMILES string of the molecule is Cc1nn(CC(=O)N2C[C@@H](C)O[C@H](c3ccccc3)C2)c(C)c1[N+](=O)[O-]. The van der Waals surface area contributed by atoms with E-state index in [0.717, 1.165) is 5.56 Å². The molecule has 26 heavy (non-hydrogen) atoms. The van der Waals surface area contributed by atoms with Crippen molar-refractivity contribution in [2.75, 3.05) is 13.1 Å². The number of morpholine rings is 1. The number of nitrogens with zero attached hydrogens (tertiary/aromatic N) is 4. The lowest BCUT2D eigenvalue weighted by molar-refractivity contribution is -0.386. The van der Waals surface area contributed by atoms with Gasteiger partial charge in [-0.05, 0) is 26.3 Å². The second kappa shape index (κ2) is 7.25. The first-order valence-corrected chi connectivity index (χ1v) is 8.53. The van der Waals surface area contributed by atoms with Crippen LogP contribution in [-0.2, 0) is 16.1 Å². The molecule has 8 heteroatoms. The summed E-state index contributed by atoms with van der Waals surface area (Å²) in [7, 11) is 0. The number of amides is 1. The lowest BCUT2D eigenvalue weighted by Crippen LogP contribution is -2.47. The molecule has 8 nitrogen and oxygen atoms in total. The summed E-state index contributed by atoms with van der Waals surface area (Å²) in [6, 6.07) is 9.79. The molecule has 1 amide bonds. The third-order valence-electron chi connectivity index (χ3n) is 4.60. The maximum absolute atomic E-state index is 12.8. The molecule has 1 aromatic heterocycles. The highest BCUT2D eigenvalue weighted by Crippen LogP contribution is 2.26. The van der Waals surface area contributed by atoms with E-state index in [-0.39, 0.29) is 30.3 Å². The van der Waals surface area contributed by atoms with Gasteiger partial charge in [0.1, 0.15) is 24.0 Å². The first-order valence-electron chi connectivity index (χ1n) is 8.53. The summed E-state index contributed by atoms with van der Waals surface area (Å²) in [6.45, 7) is 6.05. The van der Waals surface area contributed by atoms with E-state index in [1.807, 2.05) is 37.3 Å². The minimum absolute atomic E-state index is 0.0191. The van der Waals surface area contributed by atoms with E-state index in [1.165, 1.54) is 4.68 Å². The fourth-order valence-electron chi connectivity index (χ4n) is 3.34. The average Bonchev–Trinajstić information content (AvgIpc) is 2.88. The second-order valence-electron chi connectivity index (χ2n) is 6.58. The van der Waals surface area contributed by atoms with Crippen LogP contribution in [0.3, 0.4) is 0 Å². The first kappa shape index (κ1) is 18.1. The number of rotatable bonds is 4. The Morgan fingerprint density at radius 2 is 2.00 bits per heavy atom. The molecule has 0 saturated carbocycles. The Morgan fingerprint density at radius 3 is 2.62 bits per heavy atom. The average molecular weight is 358 g/mol. The Kier molecular flexibility index (Phi) is 5.03. The quantitative estimate of drug-likeness (QED) is 0.618. The van der Waals surface area contributed by atoms with Gasteiger partial charge in [0, 0.05) is 6.54 Å². The zero-order chi connectivity index (χ0) is 18.8. The Hall–Kier alpha value is -2.74. The van der Waals surface area contributed by atoms with Crippen molar-refractivity contribution in [2.45, 2.75) is 39.5 Å².